The summed E-state index contributed by atoms with van der Waals surface area (Å²) in [6.45, 7) is 0. The minimum Gasteiger partial charge on any atom is -0.309 e. The van der Waals surface area contributed by atoms with E-state index in [0.29, 0.717) is 0 Å². The van der Waals surface area contributed by atoms with E-state index < -0.39 is 0 Å². The Morgan fingerprint density at radius 3 is 1.43 bits per heavy atom. The number of hydrogen-bond donors (Lipinski definition) is 0. The van der Waals surface area contributed by atoms with Gasteiger partial charge in [0.15, 0.2) is 0 Å². The van der Waals surface area contributed by atoms with Crippen LogP contribution in [0.15, 0.2) is 188 Å². The molecule has 3 heterocycles. The average Bonchev–Trinajstić information content (AvgIpc) is 3.83. The normalized spacial score (nSPS) is 11.9. The summed E-state index contributed by atoms with van der Waals surface area (Å²) in [5.41, 5.74) is 13.1. The van der Waals surface area contributed by atoms with Crippen molar-refractivity contribution in [3.05, 3.63) is 188 Å². The largest absolute Gasteiger partial charge is 0.309 e. The van der Waals surface area contributed by atoms with Gasteiger partial charge >= 0.3 is 0 Å². The van der Waals surface area contributed by atoms with Crippen LogP contribution in [0.3, 0.4) is 0 Å². The fourth-order valence-electron chi connectivity index (χ4n) is 8.47. The van der Waals surface area contributed by atoms with Crippen LogP contribution in [0.1, 0.15) is 0 Å². The third-order valence-corrected chi connectivity index (χ3v) is 10.6. The van der Waals surface area contributed by atoms with E-state index in [1.165, 1.54) is 87.9 Å². The van der Waals surface area contributed by atoms with Crippen LogP contribution in [0.2, 0.25) is 0 Å². The lowest BCUT2D eigenvalue weighted by Gasteiger charge is -2.12. The Labute approximate surface area is 294 Å². The van der Waals surface area contributed by atoms with Crippen molar-refractivity contribution in [2.75, 3.05) is 0 Å². The van der Waals surface area contributed by atoms with Gasteiger partial charge in [0.1, 0.15) is 0 Å². The predicted octanol–water partition coefficient (Wildman–Crippen LogP) is 12.6. The van der Waals surface area contributed by atoms with E-state index in [2.05, 4.69) is 202 Å². The van der Waals surface area contributed by atoms with Gasteiger partial charge in [-0.25, -0.2) is 0 Å². The molecule has 51 heavy (non-hydrogen) atoms. The number of hydrogen-bond acceptors (Lipinski definition) is 0. The standard InChI is InChI=1S/C48H31N3/c1-3-15-32(16-4-1)33-17-13-20-35(29-33)50-43-26-12-9-23-38(43)48-44(50)27-14-28-45(48)51-42-25-11-8-22-37(42)40-30-46-39(31-47(40)51)36-21-7-10-24-41(36)49(46)34-18-5-2-6-19-34/h1-31H. The van der Waals surface area contributed by atoms with Crippen molar-refractivity contribution < 1.29 is 0 Å². The highest BCUT2D eigenvalue weighted by molar-refractivity contribution is 6.21. The lowest BCUT2D eigenvalue weighted by molar-refractivity contribution is 1.17. The van der Waals surface area contributed by atoms with Gasteiger partial charge in [-0.05, 0) is 77.9 Å². The molecule has 3 heteroatoms. The number of fused-ring (bicyclic) bond motifs is 9. The van der Waals surface area contributed by atoms with Crippen LogP contribution >= 0.6 is 0 Å². The highest BCUT2D eigenvalue weighted by Gasteiger charge is 2.22. The van der Waals surface area contributed by atoms with Gasteiger partial charge in [0.2, 0.25) is 0 Å². The zero-order chi connectivity index (χ0) is 33.5. The lowest BCUT2D eigenvalue weighted by Crippen LogP contribution is -1.97. The zero-order valence-corrected chi connectivity index (χ0v) is 27.7. The Morgan fingerprint density at radius 2 is 0.725 bits per heavy atom. The van der Waals surface area contributed by atoms with E-state index in [1.54, 1.807) is 0 Å². The fourth-order valence-corrected chi connectivity index (χ4v) is 8.47. The number of benzene rings is 8. The maximum absolute atomic E-state index is 2.50. The second-order valence-corrected chi connectivity index (χ2v) is 13.4. The molecular weight excluding hydrogens is 619 g/mol. The third-order valence-electron chi connectivity index (χ3n) is 10.6. The van der Waals surface area contributed by atoms with E-state index in [1.807, 2.05) is 0 Å². The van der Waals surface area contributed by atoms with Gasteiger partial charge in [-0.15, -0.1) is 0 Å². The summed E-state index contributed by atoms with van der Waals surface area (Å²) < 4.78 is 7.34. The van der Waals surface area contributed by atoms with E-state index in [-0.39, 0.29) is 0 Å². The molecule has 0 aliphatic heterocycles. The topological polar surface area (TPSA) is 14.8 Å². The van der Waals surface area contributed by atoms with Crippen LogP contribution in [0, 0.1) is 0 Å². The molecule has 0 radical (unpaired) electrons. The van der Waals surface area contributed by atoms with Crippen LogP contribution in [0.5, 0.6) is 0 Å². The first-order valence-electron chi connectivity index (χ1n) is 17.5. The molecule has 0 aliphatic rings. The molecule has 0 bridgehead atoms. The summed E-state index contributed by atoms with van der Waals surface area (Å²) in [5, 5.41) is 7.47. The first kappa shape index (κ1) is 28.0. The van der Waals surface area contributed by atoms with Crippen LogP contribution in [0.25, 0.3) is 93.6 Å². The number of rotatable bonds is 4. The monoisotopic (exact) mass is 649 g/mol. The number of aromatic nitrogens is 3. The van der Waals surface area contributed by atoms with Crippen molar-refractivity contribution in [2.24, 2.45) is 0 Å². The van der Waals surface area contributed by atoms with E-state index >= 15 is 0 Å². The minimum atomic E-state index is 1.15. The van der Waals surface area contributed by atoms with E-state index in [4.69, 9.17) is 0 Å². The maximum Gasteiger partial charge on any atom is 0.0562 e. The molecule has 11 rings (SSSR count). The first-order valence-corrected chi connectivity index (χ1v) is 17.5. The van der Waals surface area contributed by atoms with Gasteiger partial charge in [0, 0.05) is 43.7 Å². The molecule has 0 saturated carbocycles. The van der Waals surface area contributed by atoms with Crippen molar-refractivity contribution in [2.45, 2.75) is 0 Å². The Hall–Kier alpha value is -6.84. The molecule has 3 aromatic heterocycles. The van der Waals surface area contributed by atoms with Crippen LogP contribution in [-0.2, 0) is 0 Å². The van der Waals surface area contributed by atoms with Crippen molar-refractivity contribution in [1.82, 2.24) is 13.7 Å². The SMILES string of the molecule is c1ccc(-c2cccc(-n3c4ccccc4c4c(-n5c6ccccc6c6cc7c(cc65)c5ccccc5n7-c5ccccc5)cccc43)c2)cc1. The van der Waals surface area contributed by atoms with Crippen molar-refractivity contribution in [3.63, 3.8) is 0 Å². The van der Waals surface area contributed by atoms with Crippen LogP contribution in [-0.4, -0.2) is 13.7 Å². The minimum absolute atomic E-state index is 1.15. The van der Waals surface area contributed by atoms with E-state index in [0.717, 1.165) is 5.69 Å². The summed E-state index contributed by atoms with van der Waals surface area (Å²) in [4.78, 5) is 0. The summed E-state index contributed by atoms with van der Waals surface area (Å²) in [5.74, 6) is 0. The van der Waals surface area contributed by atoms with Crippen molar-refractivity contribution in [1.29, 1.82) is 0 Å². The van der Waals surface area contributed by atoms with Gasteiger partial charge in [-0.3, -0.25) is 0 Å². The Kier molecular flexibility index (Phi) is 5.96. The Morgan fingerprint density at radius 1 is 0.255 bits per heavy atom. The molecule has 8 aromatic carbocycles. The van der Waals surface area contributed by atoms with Crippen LogP contribution < -0.4 is 0 Å². The Balaban J connectivity index is 1.24. The predicted molar refractivity (Wildman–Crippen MR) is 215 cm³/mol. The van der Waals surface area contributed by atoms with Gasteiger partial charge in [-0.1, -0.05) is 121 Å². The molecule has 0 atom stereocenters. The molecule has 0 fully saturated rings. The molecular formula is C48H31N3. The highest BCUT2D eigenvalue weighted by Crippen LogP contribution is 2.43. The second-order valence-electron chi connectivity index (χ2n) is 13.4. The lowest BCUT2D eigenvalue weighted by atomic mass is 10.1. The molecule has 0 saturated heterocycles. The second kappa shape index (κ2) is 10.8. The first-order chi connectivity index (χ1) is 25.3. The molecule has 3 nitrogen and oxygen atoms in total. The van der Waals surface area contributed by atoms with E-state index in [9.17, 15) is 0 Å². The third kappa shape index (κ3) is 4.06. The average molecular weight is 650 g/mol. The number of nitrogens with zero attached hydrogens (tertiary/aromatic N) is 3. The molecule has 0 N–H and O–H groups in total. The van der Waals surface area contributed by atoms with Crippen molar-refractivity contribution >= 4 is 65.4 Å². The van der Waals surface area contributed by atoms with Gasteiger partial charge < -0.3 is 13.7 Å². The Bertz CT molecular complexity index is 3120. The quantitative estimate of drug-likeness (QED) is 0.180. The van der Waals surface area contributed by atoms with Crippen LogP contribution in [0.4, 0.5) is 0 Å². The molecule has 0 spiro atoms. The van der Waals surface area contributed by atoms with Gasteiger partial charge in [0.05, 0.1) is 38.8 Å². The maximum atomic E-state index is 2.50. The molecule has 0 unspecified atom stereocenters. The smallest absolute Gasteiger partial charge is 0.0562 e. The summed E-state index contributed by atoms with van der Waals surface area (Å²) in [6.07, 6.45) is 0. The number of para-hydroxylation sites is 4. The molecule has 0 amide bonds. The highest BCUT2D eigenvalue weighted by atomic mass is 15.0. The summed E-state index contributed by atoms with van der Waals surface area (Å²) >= 11 is 0. The fraction of sp³-hybridized carbons (Fsp3) is 0. The summed E-state index contributed by atoms with van der Waals surface area (Å²) in [6, 6.07) is 68.4. The van der Waals surface area contributed by atoms with Crippen molar-refractivity contribution in [3.8, 4) is 28.2 Å². The molecule has 11 aromatic rings. The summed E-state index contributed by atoms with van der Waals surface area (Å²) in [7, 11) is 0. The molecule has 0 aliphatic carbocycles. The molecule has 238 valence electrons. The van der Waals surface area contributed by atoms with Gasteiger partial charge in [-0.2, -0.15) is 0 Å². The van der Waals surface area contributed by atoms with Gasteiger partial charge in [0.25, 0.3) is 0 Å². The zero-order valence-electron chi connectivity index (χ0n) is 27.7.